The van der Waals surface area contributed by atoms with Gasteiger partial charge in [-0.2, -0.15) is 0 Å². The van der Waals surface area contributed by atoms with E-state index in [4.69, 9.17) is 11.1 Å². The number of rotatable bonds is 4. The van der Waals surface area contributed by atoms with Crippen molar-refractivity contribution < 1.29 is 4.39 Å². The van der Waals surface area contributed by atoms with E-state index in [1.165, 1.54) is 12.3 Å². The minimum Gasteiger partial charge on any atom is -0.387 e. The van der Waals surface area contributed by atoms with Crippen LogP contribution in [0.15, 0.2) is 18.3 Å². The SMILES string of the molecule is CC(CN(C)c1ccc(F)cn1)C(=N)N. The van der Waals surface area contributed by atoms with Crippen LogP contribution in [-0.4, -0.2) is 24.4 Å². The molecular weight excluding hydrogens is 195 g/mol. The normalized spacial score (nSPS) is 12.2. The zero-order valence-corrected chi connectivity index (χ0v) is 8.87. The molecule has 0 aromatic carbocycles. The van der Waals surface area contributed by atoms with E-state index in [0.717, 1.165) is 0 Å². The molecule has 15 heavy (non-hydrogen) atoms. The van der Waals surface area contributed by atoms with Gasteiger partial charge in [-0.05, 0) is 12.1 Å². The molecule has 0 saturated heterocycles. The van der Waals surface area contributed by atoms with Gasteiger partial charge in [0.2, 0.25) is 0 Å². The summed E-state index contributed by atoms with van der Waals surface area (Å²) in [5, 5.41) is 7.26. The zero-order chi connectivity index (χ0) is 11.4. The number of hydrogen-bond acceptors (Lipinski definition) is 3. The highest BCUT2D eigenvalue weighted by Gasteiger charge is 2.10. The Morgan fingerprint density at radius 2 is 2.33 bits per heavy atom. The van der Waals surface area contributed by atoms with Crippen LogP contribution < -0.4 is 10.6 Å². The van der Waals surface area contributed by atoms with Crippen LogP contribution in [0.25, 0.3) is 0 Å². The summed E-state index contributed by atoms with van der Waals surface area (Å²) in [5.74, 6) is 0.419. The third-order valence-electron chi connectivity index (χ3n) is 2.18. The molecule has 0 aliphatic rings. The number of amidine groups is 1. The van der Waals surface area contributed by atoms with E-state index in [1.807, 2.05) is 18.9 Å². The minimum atomic E-state index is -0.355. The number of nitrogens with two attached hydrogens (primary N) is 1. The molecule has 0 radical (unpaired) electrons. The second-order valence-corrected chi connectivity index (χ2v) is 3.57. The van der Waals surface area contributed by atoms with Crippen molar-refractivity contribution in [2.24, 2.45) is 11.7 Å². The Morgan fingerprint density at radius 1 is 1.67 bits per heavy atom. The first-order valence-electron chi connectivity index (χ1n) is 4.67. The van der Waals surface area contributed by atoms with E-state index in [-0.39, 0.29) is 17.6 Å². The first-order chi connectivity index (χ1) is 7.00. The van der Waals surface area contributed by atoms with Crippen LogP contribution in [0.2, 0.25) is 0 Å². The van der Waals surface area contributed by atoms with E-state index in [9.17, 15) is 4.39 Å². The molecule has 0 aliphatic carbocycles. The van der Waals surface area contributed by atoms with Crippen molar-refractivity contribution >= 4 is 11.7 Å². The molecular formula is C10H15FN4. The van der Waals surface area contributed by atoms with Crippen LogP contribution in [0, 0.1) is 17.1 Å². The number of nitrogens with one attached hydrogen (secondary N) is 1. The summed E-state index contributed by atoms with van der Waals surface area (Å²) in [6.07, 6.45) is 1.17. The van der Waals surface area contributed by atoms with Crippen molar-refractivity contribution in [3.63, 3.8) is 0 Å². The summed E-state index contributed by atoms with van der Waals surface area (Å²) < 4.78 is 12.6. The molecule has 1 atom stereocenters. The van der Waals surface area contributed by atoms with E-state index in [2.05, 4.69) is 4.98 Å². The maximum Gasteiger partial charge on any atom is 0.141 e. The lowest BCUT2D eigenvalue weighted by Crippen LogP contribution is -2.32. The maximum atomic E-state index is 12.6. The predicted molar refractivity (Wildman–Crippen MR) is 58.5 cm³/mol. The third-order valence-corrected chi connectivity index (χ3v) is 2.18. The summed E-state index contributed by atoms with van der Waals surface area (Å²) in [4.78, 5) is 5.77. The number of anilines is 1. The summed E-state index contributed by atoms with van der Waals surface area (Å²) in [6.45, 7) is 2.45. The lowest BCUT2D eigenvalue weighted by Gasteiger charge is -2.21. The summed E-state index contributed by atoms with van der Waals surface area (Å²) in [7, 11) is 1.83. The predicted octanol–water partition coefficient (Wildman–Crippen LogP) is 1.23. The van der Waals surface area contributed by atoms with E-state index < -0.39 is 0 Å². The van der Waals surface area contributed by atoms with Crippen LogP contribution in [0.5, 0.6) is 0 Å². The van der Waals surface area contributed by atoms with Gasteiger partial charge in [-0.3, -0.25) is 5.41 Å². The molecule has 0 fully saturated rings. The Hall–Kier alpha value is -1.65. The second-order valence-electron chi connectivity index (χ2n) is 3.57. The van der Waals surface area contributed by atoms with E-state index in [1.54, 1.807) is 6.07 Å². The zero-order valence-electron chi connectivity index (χ0n) is 8.87. The largest absolute Gasteiger partial charge is 0.387 e. The quantitative estimate of drug-likeness (QED) is 0.580. The highest BCUT2D eigenvalue weighted by Crippen LogP contribution is 2.10. The molecule has 1 heterocycles. The standard InChI is InChI=1S/C10H15FN4/c1-7(10(12)13)6-15(2)9-4-3-8(11)5-14-9/h3-5,7H,6H2,1-2H3,(H3,12,13). The Kier molecular flexibility index (Phi) is 3.60. The average Bonchev–Trinajstić information content (AvgIpc) is 2.18. The number of nitrogens with zero attached hydrogens (tertiary/aromatic N) is 2. The van der Waals surface area contributed by atoms with Crippen LogP contribution in [0.3, 0.4) is 0 Å². The molecule has 82 valence electrons. The van der Waals surface area contributed by atoms with Crippen molar-refractivity contribution in [2.75, 3.05) is 18.5 Å². The smallest absolute Gasteiger partial charge is 0.141 e. The fourth-order valence-corrected chi connectivity index (χ4v) is 1.20. The van der Waals surface area contributed by atoms with Gasteiger partial charge in [0.1, 0.15) is 11.6 Å². The molecule has 3 N–H and O–H groups in total. The van der Waals surface area contributed by atoms with E-state index in [0.29, 0.717) is 12.4 Å². The molecule has 0 aliphatic heterocycles. The van der Waals surface area contributed by atoms with Crippen LogP contribution in [0.4, 0.5) is 10.2 Å². The first kappa shape index (κ1) is 11.4. The lowest BCUT2D eigenvalue weighted by molar-refractivity contribution is 0.620. The van der Waals surface area contributed by atoms with Crippen LogP contribution >= 0.6 is 0 Å². The lowest BCUT2D eigenvalue weighted by atomic mass is 10.1. The fraction of sp³-hybridized carbons (Fsp3) is 0.400. The molecule has 1 unspecified atom stereocenters. The Labute approximate surface area is 88.4 Å². The number of hydrogen-bond donors (Lipinski definition) is 2. The van der Waals surface area contributed by atoms with Gasteiger partial charge in [0.15, 0.2) is 0 Å². The van der Waals surface area contributed by atoms with Gasteiger partial charge in [0, 0.05) is 19.5 Å². The van der Waals surface area contributed by atoms with Crippen LogP contribution in [-0.2, 0) is 0 Å². The van der Waals surface area contributed by atoms with Crippen molar-refractivity contribution in [2.45, 2.75) is 6.92 Å². The number of aromatic nitrogens is 1. The van der Waals surface area contributed by atoms with Crippen molar-refractivity contribution in [1.82, 2.24) is 4.98 Å². The average molecular weight is 210 g/mol. The fourth-order valence-electron chi connectivity index (χ4n) is 1.20. The third kappa shape index (κ3) is 3.19. The Bertz CT molecular complexity index is 336. The second kappa shape index (κ2) is 4.72. The highest BCUT2D eigenvalue weighted by molar-refractivity contribution is 5.79. The maximum absolute atomic E-state index is 12.6. The number of halogens is 1. The number of pyridine rings is 1. The molecule has 1 aromatic heterocycles. The molecule has 0 amide bonds. The molecule has 0 saturated carbocycles. The monoisotopic (exact) mass is 210 g/mol. The van der Waals surface area contributed by atoms with Gasteiger partial charge in [0.25, 0.3) is 0 Å². The van der Waals surface area contributed by atoms with Crippen molar-refractivity contribution in [1.29, 1.82) is 5.41 Å². The van der Waals surface area contributed by atoms with Crippen molar-refractivity contribution in [3.8, 4) is 0 Å². The van der Waals surface area contributed by atoms with Gasteiger partial charge in [-0.15, -0.1) is 0 Å². The summed E-state index contributed by atoms with van der Waals surface area (Å²) in [5.41, 5.74) is 5.36. The van der Waals surface area contributed by atoms with Gasteiger partial charge >= 0.3 is 0 Å². The molecule has 0 spiro atoms. The summed E-state index contributed by atoms with van der Waals surface area (Å²) >= 11 is 0. The molecule has 4 nitrogen and oxygen atoms in total. The van der Waals surface area contributed by atoms with E-state index >= 15 is 0 Å². The van der Waals surface area contributed by atoms with Crippen molar-refractivity contribution in [3.05, 3.63) is 24.1 Å². The Balaban J connectivity index is 2.64. The molecule has 5 heteroatoms. The van der Waals surface area contributed by atoms with Crippen LogP contribution in [0.1, 0.15) is 6.92 Å². The van der Waals surface area contributed by atoms with Gasteiger partial charge in [0.05, 0.1) is 12.0 Å². The first-order valence-corrected chi connectivity index (χ1v) is 4.67. The molecule has 1 rings (SSSR count). The van der Waals surface area contributed by atoms with Gasteiger partial charge < -0.3 is 10.6 Å². The highest BCUT2D eigenvalue weighted by atomic mass is 19.1. The summed E-state index contributed by atoms with van der Waals surface area (Å²) in [6, 6.07) is 2.96. The Morgan fingerprint density at radius 3 is 2.80 bits per heavy atom. The molecule has 0 bridgehead atoms. The topological polar surface area (TPSA) is 66.0 Å². The minimum absolute atomic E-state index is 0.0400. The molecule has 1 aromatic rings. The van der Waals surface area contributed by atoms with Gasteiger partial charge in [-0.25, -0.2) is 9.37 Å². The van der Waals surface area contributed by atoms with Gasteiger partial charge in [-0.1, -0.05) is 6.92 Å².